The molecular formula is C30H47BN6O5S2. The van der Waals surface area contributed by atoms with Crippen LogP contribution in [0.1, 0.15) is 84.1 Å². The number of fused-ring (bicyclic) bond motifs is 2. The number of carbonyl (C=O) groups is 3. The molecule has 242 valence electrons. The number of rotatable bonds is 16. The van der Waals surface area contributed by atoms with Crippen molar-refractivity contribution in [3.8, 4) is 0 Å². The van der Waals surface area contributed by atoms with E-state index in [0.29, 0.717) is 42.5 Å². The fourth-order valence-corrected chi connectivity index (χ4v) is 8.18. The number of carbonyl (C=O) groups excluding carboxylic acids is 3. The summed E-state index contributed by atoms with van der Waals surface area (Å²) >= 11 is 0. The molecule has 44 heavy (non-hydrogen) atoms. The van der Waals surface area contributed by atoms with Crippen LogP contribution in [0.25, 0.3) is 10.4 Å². The maximum atomic E-state index is 13.1. The molecule has 0 radical (unpaired) electrons. The van der Waals surface area contributed by atoms with Crippen LogP contribution in [0.15, 0.2) is 29.4 Å². The minimum absolute atomic E-state index is 0.00522. The van der Waals surface area contributed by atoms with E-state index in [1.807, 2.05) is 0 Å². The van der Waals surface area contributed by atoms with Crippen LogP contribution in [0.4, 0.5) is 10.5 Å². The largest absolute Gasteiger partial charge is 0.535 e. The van der Waals surface area contributed by atoms with Crippen molar-refractivity contribution >= 4 is 52.2 Å². The van der Waals surface area contributed by atoms with E-state index in [1.165, 1.54) is 23.6 Å². The van der Waals surface area contributed by atoms with E-state index in [-0.39, 0.29) is 36.2 Å². The fraction of sp³-hybridized carbons (Fsp3) is 0.700. The van der Waals surface area contributed by atoms with Gasteiger partial charge in [-0.2, -0.15) is 0 Å². The first-order chi connectivity index (χ1) is 21.1. The van der Waals surface area contributed by atoms with Gasteiger partial charge in [-0.15, -0.1) is 0 Å². The summed E-state index contributed by atoms with van der Waals surface area (Å²) in [6.45, 7) is 6.77. The Balaban J connectivity index is 1.42. The lowest BCUT2D eigenvalue weighted by Gasteiger charge is -2.39. The Morgan fingerprint density at radius 2 is 1.73 bits per heavy atom. The SMILES string of the molecule is CN[C@@H](CCCCNC(=O)[C@H](CSSC(C)(C)C)NC(=O)OCc1ccc(N=[N+]=[N-])cc1)C(=O)OB1C2CCCC1CCC2. The van der Waals surface area contributed by atoms with Crippen LogP contribution in [0, 0.1) is 0 Å². The van der Waals surface area contributed by atoms with Gasteiger partial charge < -0.3 is 25.3 Å². The number of hydrogen-bond acceptors (Lipinski definition) is 9. The van der Waals surface area contributed by atoms with Crippen molar-refractivity contribution in [3.63, 3.8) is 0 Å². The number of likely N-dealkylation sites (N-methyl/N-ethyl adjacent to an activating group) is 1. The van der Waals surface area contributed by atoms with Gasteiger partial charge in [-0.05, 0) is 49.0 Å². The molecule has 3 N–H and O–H groups in total. The lowest BCUT2D eigenvalue weighted by atomic mass is 9.38. The van der Waals surface area contributed by atoms with Crippen LogP contribution in [-0.2, 0) is 25.6 Å². The number of nitrogens with one attached hydrogen (secondary N) is 3. The van der Waals surface area contributed by atoms with Gasteiger partial charge in [-0.25, -0.2) is 4.79 Å². The van der Waals surface area contributed by atoms with Crippen LogP contribution in [0.3, 0.4) is 0 Å². The van der Waals surface area contributed by atoms with E-state index >= 15 is 0 Å². The van der Waals surface area contributed by atoms with Crippen molar-refractivity contribution in [2.24, 2.45) is 5.11 Å². The second-order valence-corrected chi connectivity index (χ2v) is 15.7. The van der Waals surface area contributed by atoms with E-state index in [9.17, 15) is 14.4 Å². The Kier molecular flexibility index (Phi) is 15.1. The molecule has 2 amide bonds. The number of alkyl carbamates (subject to hydrolysis) is 1. The zero-order chi connectivity index (χ0) is 32.0. The molecule has 1 aromatic carbocycles. The number of ether oxygens (including phenoxy) is 1. The maximum Gasteiger partial charge on any atom is 0.408 e. The lowest BCUT2D eigenvalue weighted by Crippen LogP contribution is -2.48. The molecule has 2 heterocycles. The molecule has 3 rings (SSSR count). The van der Waals surface area contributed by atoms with E-state index in [2.05, 4.69) is 46.7 Å². The van der Waals surface area contributed by atoms with Gasteiger partial charge in [0.1, 0.15) is 18.7 Å². The van der Waals surface area contributed by atoms with Gasteiger partial charge in [-0.3, -0.25) is 9.59 Å². The summed E-state index contributed by atoms with van der Waals surface area (Å²) in [5.74, 6) is 0.949. The highest BCUT2D eigenvalue weighted by Gasteiger charge is 2.44. The molecule has 0 spiro atoms. The van der Waals surface area contributed by atoms with E-state index < -0.39 is 12.1 Å². The highest BCUT2D eigenvalue weighted by molar-refractivity contribution is 8.77. The molecular weight excluding hydrogens is 599 g/mol. The number of benzene rings is 1. The molecule has 1 aromatic rings. The van der Waals surface area contributed by atoms with E-state index in [1.54, 1.807) is 42.1 Å². The smallest absolute Gasteiger partial charge is 0.408 e. The second kappa shape index (κ2) is 18.4. The zero-order valence-electron chi connectivity index (χ0n) is 26.4. The predicted octanol–water partition coefficient (Wildman–Crippen LogP) is 6.92. The van der Waals surface area contributed by atoms with Crippen molar-refractivity contribution in [2.45, 2.75) is 114 Å². The highest BCUT2D eigenvalue weighted by Crippen LogP contribution is 2.46. The van der Waals surface area contributed by atoms with Gasteiger partial charge in [-0.1, -0.05) is 110 Å². The Labute approximate surface area is 269 Å². The highest BCUT2D eigenvalue weighted by atomic mass is 33.1. The normalized spacial score (nSPS) is 19.2. The molecule has 2 fully saturated rings. The van der Waals surface area contributed by atoms with Gasteiger partial charge in [0.05, 0.1) is 0 Å². The first kappa shape index (κ1) is 35.9. The number of unbranched alkanes of at least 4 members (excludes halogenated alkanes) is 1. The predicted molar refractivity (Wildman–Crippen MR) is 179 cm³/mol. The Hall–Kier alpha value is -2.54. The fourth-order valence-electron chi connectivity index (χ4n) is 5.72. The Morgan fingerprint density at radius 3 is 2.32 bits per heavy atom. The molecule has 0 saturated carbocycles. The van der Waals surface area contributed by atoms with E-state index in [0.717, 1.165) is 37.7 Å². The number of amides is 2. The molecule has 0 unspecified atom stereocenters. The summed E-state index contributed by atoms with van der Waals surface area (Å²) < 4.78 is 11.4. The van der Waals surface area contributed by atoms with Crippen molar-refractivity contribution in [3.05, 3.63) is 40.3 Å². The lowest BCUT2D eigenvalue weighted by molar-refractivity contribution is -0.137. The van der Waals surface area contributed by atoms with Crippen molar-refractivity contribution in [1.29, 1.82) is 0 Å². The minimum atomic E-state index is -0.773. The summed E-state index contributed by atoms with van der Waals surface area (Å²) in [5.41, 5.74) is 9.72. The van der Waals surface area contributed by atoms with Crippen molar-refractivity contribution in [2.75, 3.05) is 19.3 Å². The standard InChI is InChI=1S/C30H47BN6O5S2/c1-30(2,3)44-43-20-26(35-29(40)41-19-21-14-16-24(17-15-21)36-37-32)27(38)34-18-6-5-13-25(33-4)28(39)42-31-22-9-7-10-23(31)12-8-11-22/h14-17,22-23,25-26,33H,5-13,18-20H2,1-4H3,(H,34,38)(H,35,40)/t22?,23?,25-,26-/m0/s1. The molecule has 2 saturated heterocycles. The quantitative estimate of drug-likeness (QED) is 0.0437. The van der Waals surface area contributed by atoms with Crippen LogP contribution >= 0.6 is 21.6 Å². The van der Waals surface area contributed by atoms with Crippen LogP contribution in [-0.4, -0.2) is 61.1 Å². The summed E-state index contributed by atoms with van der Waals surface area (Å²) in [5, 5.41) is 12.3. The summed E-state index contributed by atoms with van der Waals surface area (Å²) in [4.78, 5) is 41.3. The molecule has 11 nitrogen and oxygen atoms in total. The molecule has 2 aliphatic rings. The third-order valence-corrected chi connectivity index (χ3v) is 11.3. The van der Waals surface area contributed by atoms with Crippen LogP contribution < -0.4 is 16.0 Å². The molecule has 0 aromatic heterocycles. The molecule has 2 aliphatic heterocycles. The number of nitrogens with zero attached hydrogens (tertiary/aromatic N) is 3. The summed E-state index contributed by atoms with van der Waals surface area (Å²) in [6.07, 6.45) is 8.50. The monoisotopic (exact) mass is 646 g/mol. The second-order valence-electron chi connectivity index (χ2n) is 12.5. The maximum absolute atomic E-state index is 13.1. The molecule has 2 atom stereocenters. The van der Waals surface area contributed by atoms with Gasteiger partial charge >= 0.3 is 19.0 Å². The average molecular weight is 647 g/mol. The van der Waals surface area contributed by atoms with Crippen molar-refractivity contribution in [1.82, 2.24) is 16.0 Å². The first-order valence-corrected chi connectivity index (χ1v) is 17.9. The third-order valence-electron chi connectivity index (χ3n) is 7.95. The number of azide groups is 1. The molecule has 14 heteroatoms. The summed E-state index contributed by atoms with van der Waals surface area (Å²) in [6, 6.07) is 5.54. The third kappa shape index (κ3) is 12.5. The van der Waals surface area contributed by atoms with Crippen LogP contribution in [0.5, 0.6) is 0 Å². The van der Waals surface area contributed by atoms with E-state index in [4.69, 9.17) is 14.9 Å². The Bertz CT molecular complexity index is 1110. The number of hydrogen-bond donors (Lipinski definition) is 3. The first-order valence-electron chi connectivity index (χ1n) is 15.6. The molecule has 2 bridgehead atoms. The van der Waals surface area contributed by atoms with Crippen molar-refractivity contribution < 1.29 is 23.8 Å². The van der Waals surface area contributed by atoms with Gasteiger partial charge in [0.2, 0.25) is 5.91 Å². The van der Waals surface area contributed by atoms with Gasteiger partial charge in [0.15, 0.2) is 0 Å². The molecule has 0 aliphatic carbocycles. The summed E-state index contributed by atoms with van der Waals surface area (Å²) in [7, 11) is 4.95. The van der Waals surface area contributed by atoms with Gasteiger partial charge in [0.25, 0.3) is 0 Å². The topological polar surface area (TPSA) is 155 Å². The Morgan fingerprint density at radius 1 is 1.07 bits per heavy atom. The average Bonchev–Trinajstić information content (AvgIpc) is 2.97. The minimum Gasteiger partial charge on any atom is -0.535 e. The van der Waals surface area contributed by atoms with Crippen LogP contribution in [0.2, 0.25) is 11.6 Å². The van der Waals surface area contributed by atoms with Gasteiger partial charge in [0, 0.05) is 27.6 Å². The zero-order valence-corrected chi connectivity index (χ0v) is 28.0.